The quantitative estimate of drug-likeness (QED) is 0.846. The summed E-state index contributed by atoms with van der Waals surface area (Å²) < 4.78 is 0. The highest BCUT2D eigenvalue weighted by Gasteiger charge is 2.15. The first-order chi connectivity index (χ1) is 11.1. The van der Waals surface area contributed by atoms with Crippen molar-refractivity contribution >= 4 is 17.5 Å². The summed E-state index contributed by atoms with van der Waals surface area (Å²) in [7, 11) is 1.91. The van der Waals surface area contributed by atoms with E-state index in [-0.39, 0.29) is 11.9 Å². The summed E-state index contributed by atoms with van der Waals surface area (Å²) in [6, 6.07) is 9.57. The maximum Gasteiger partial charge on any atom is 0.234 e. The molecule has 0 saturated carbocycles. The second-order valence-corrected chi connectivity index (χ2v) is 5.89. The van der Waals surface area contributed by atoms with Crippen LogP contribution in [-0.2, 0) is 11.2 Å². The van der Waals surface area contributed by atoms with Crippen LogP contribution in [0, 0.1) is 0 Å². The molecule has 1 heterocycles. The predicted molar refractivity (Wildman–Crippen MR) is 91.2 cm³/mol. The van der Waals surface area contributed by atoms with Crippen molar-refractivity contribution in [2.75, 3.05) is 20.1 Å². The molecule has 0 bridgehead atoms. The molecule has 23 heavy (non-hydrogen) atoms. The molecule has 5 nitrogen and oxygen atoms in total. The molecule has 0 aliphatic heterocycles. The van der Waals surface area contributed by atoms with E-state index in [1.54, 1.807) is 6.20 Å². The molecule has 0 aliphatic rings. The van der Waals surface area contributed by atoms with E-state index in [9.17, 15) is 4.79 Å². The lowest BCUT2D eigenvalue weighted by atomic mass is 10.1. The van der Waals surface area contributed by atoms with Gasteiger partial charge in [-0.05, 0) is 44.2 Å². The number of hydrogen-bond acceptors (Lipinski definition) is 4. The summed E-state index contributed by atoms with van der Waals surface area (Å²) in [6.45, 7) is 2.95. The summed E-state index contributed by atoms with van der Waals surface area (Å²) >= 11 is 5.85. The minimum absolute atomic E-state index is 0.00219. The van der Waals surface area contributed by atoms with E-state index in [0.29, 0.717) is 13.1 Å². The summed E-state index contributed by atoms with van der Waals surface area (Å²) in [6.07, 6.45) is 4.01. The zero-order valence-corrected chi connectivity index (χ0v) is 14.1. The van der Waals surface area contributed by atoms with Crippen molar-refractivity contribution in [3.63, 3.8) is 0 Å². The highest BCUT2D eigenvalue weighted by atomic mass is 35.5. The molecule has 122 valence electrons. The number of likely N-dealkylation sites (N-methyl/N-ethyl adjacent to an activating group) is 1. The standard InChI is InChI=1S/C17H21ClN4O/c1-13(16-8-9-19-12-21-16)22(2)11-17(23)20-10-7-14-3-5-15(18)6-4-14/h3-6,8-9,12-13H,7,10-11H2,1-2H3,(H,20,23). The third-order valence-electron chi connectivity index (χ3n) is 3.74. The number of carbonyl (C=O) groups is 1. The lowest BCUT2D eigenvalue weighted by Crippen LogP contribution is -2.37. The van der Waals surface area contributed by atoms with Gasteiger partial charge in [0.2, 0.25) is 5.91 Å². The first-order valence-electron chi connectivity index (χ1n) is 7.53. The molecular weight excluding hydrogens is 312 g/mol. The topological polar surface area (TPSA) is 58.1 Å². The second-order valence-electron chi connectivity index (χ2n) is 5.45. The van der Waals surface area contributed by atoms with E-state index in [1.165, 1.54) is 6.33 Å². The van der Waals surface area contributed by atoms with Gasteiger partial charge in [0.1, 0.15) is 6.33 Å². The molecule has 1 aromatic carbocycles. The molecule has 0 aliphatic carbocycles. The summed E-state index contributed by atoms with van der Waals surface area (Å²) in [5, 5.41) is 3.66. The van der Waals surface area contributed by atoms with Gasteiger partial charge in [-0.3, -0.25) is 9.69 Å². The highest BCUT2D eigenvalue weighted by molar-refractivity contribution is 6.30. The fourth-order valence-electron chi connectivity index (χ4n) is 2.19. The van der Waals surface area contributed by atoms with E-state index in [4.69, 9.17) is 11.6 Å². The molecular formula is C17H21ClN4O. The smallest absolute Gasteiger partial charge is 0.234 e. The third kappa shape index (κ3) is 5.62. The van der Waals surface area contributed by atoms with Crippen LogP contribution < -0.4 is 5.32 Å². The molecule has 1 aromatic heterocycles. The predicted octanol–water partition coefficient (Wildman–Crippen LogP) is 2.48. The van der Waals surface area contributed by atoms with Crippen LogP contribution in [0.3, 0.4) is 0 Å². The van der Waals surface area contributed by atoms with Crippen molar-refractivity contribution in [3.8, 4) is 0 Å². The molecule has 2 aromatic rings. The first kappa shape index (κ1) is 17.4. The first-order valence-corrected chi connectivity index (χ1v) is 7.91. The number of aromatic nitrogens is 2. The minimum atomic E-state index is 0.00219. The number of nitrogens with one attached hydrogen (secondary N) is 1. The molecule has 0 fully saturated rings. The van der Waals surface area contributed by atoms with Gasteiger partial charge >= 0.3 is 0 Å². The number of benzene rings is 1. The Labute approximate surface area is 141 Å². The molecule has 1 unspecified atom stereocenters. The average Bonchev–Trinajstić information content (AvgIpc) is 2.56. The summed E-state index contributed by atoms with van der Waals surface area (Å²) in [5.74, 6) is 0.00219. The van der Waals surface area contributed by atoms with E-state index < -0.39 is 0 Å². The van der Waals surface area contributed by atoms with Gasteiger partial charge in [-0.2, -0.15) is 0 Å². The number of carbonyl (C=O) groups excluding carboxylic acids is 1. The second kappa shape index (κ2) is 8.60. The Morgan fingerprint density at radius 2 is 2.04 bits per heavy atom. The Balaban J connectivity index is 1.74. The van der Waals surface area contributed by atoms with Gasteiger partial charge < -0.3 is 5.32 Å². The Morgan fingerprint density at radius 3 is 2.70 bits per heavy atom. The van der Waals surface area contributed by atoms with Crippen molar-refractivity contribution in [2.45, 2.75) is 19.4 Å². The van der Waals surface area contributed by atoms with Gasteiger partial charge in [-0.15, -0.1) is 0 Å². The number of nitrogens with zero attached hydrogens (tertiary/aromatic N) is 3. The van der Waals surface area contributed by atoms with Crippen LogP contribution >= 0.6 is 11.6 Å². The zero-order valence-electron chi connectivity index (χ0n) is 13.4. The highest BCUT2D eigenvalue weighted by Crippen LogP contribution is 2.14. The third-order valence-corrected chi connectivity index (χ3v) is 3.99. The van der Waals surface area contributed by atoms with Crippen molar-refractivity contribution in [1.82, 2.24) is 20.2 Å². The van der Waals surface area contributed by atoms with Gasteiger partial charge in [0.05, 0.1) is 12.2 Å². The van der Waals surface area contributed by atoms with Crippen LogP contribution in [0.25, 0.3) is 0 Å². The van der Waals surface area contributed by atoms with Crippen LogP contribution in [0.5, 0.6) is 0 Å². The Bertz CT molecular complexity index is 618. The fourth-order valence-corrected chi connectivity index (χ4v) is 2.32. The number of hydrogen-bond donors (Lipinski definition) is 1. The molecule has 0 spiro atoms. The van der Waals surface area contributed by atoms with Crippen LogP contribution in [0.4, 0.5) is 0 Å². The van der Waals surface area contributed by atoms with Gasteiger partial charge in [-0.1, -0.05) is 23.7 Å². The fraction of sp³-hybridized carbons (Fsp3) is 0.353. The maximum absolute atomic E-state index is 12.0. The van der Waals surface area contributed by atoms with Crippen molar-refractivity contribution in [1.29, 1.82) is 0 Å². The summed E-state index contributed by atoms with van der Waals surface area (Å²) in [4.78, 5) is 22.1. The Kier molecular flexibility index (Phi) is 6.50. The van der Waals surface area contributed by atoms with Gasteiger partial charge in [0, 0.05) is 23.8 Å². The largest absolute Gasteiger partial charge is 0.355 e. The van der Waals surface area contributed by atoms with Gasteiger partial charge in [-0.25, -0.2) is 9.97 Å². The maximum atomic E-state index is 12.0. The molecule has 0 radical (unpaired) electrons. The Hall–Kier alpha value is -1.98. The Morgan fingerprint density at radius 1 is 1.30 bits per heavy atom. The zero-order chi connectivity index (χ0) is 16.7. The van der Waals surface area contributed by atoms with E-state index >= 15 is 0 Å². The van der Waals surface area contributed by atoms with Gasteiger partial charge in [0.15, 0.2) is 0 Å². The van der Waals surface area contributed by atoms with Crippen LogP contribution in [0.1, 0.15) is 24.2 Å². The van der Waals surface area contributed by atoms with Gasteiger partial charge in [0.25, 0.3) is 0 Å². The number of rotatable bonds is 7. The lowest BCUT2D eigenvalue weighted by molar-refractivity contribution is -0.122. The lowest BCUT2D eigenvalue weighted by Gasteiger charge is -2.23. The molecule has 2 rings (SSSR count). The average molecular weight is 333 g/mol. The normalized spacial score (nSPS) is 12.2. The summed E-state index contributed by atoms with van der Waals surface area (Å²) in [5.41, 5.74) is 2.05. The van der Waals surface area contributed by atoms with Crippen LogP contribution in [-0.4, -0.2) is 40.9 Å². The molecule has 1 amide bonds. The minimum Gasteiger partial charge on any atom is -0.355 e. The van der Waals surface area contributed by atoms with Crippen molar-refractivity contribution in [3.05, 3.63) is 59.1 Å². The number of halogens is 1. The molecule has 1 atom stereocenters. The van der Waals surface area contributed by atoms with Crippen LogP contribution in [0.15, 0.2) is 42.9 Å². The van der Waals surface area contributed by atoms with E-state index in [2.05, 4.69) is 15.3 Å². The molecule has 0 saturated heterocycles. The number of amides is 1. The van der Waals surface area contributed by atoms with E-state index in [1.807, 2.05) is 49.2 Å². The molecule has 6 heteroatoms. The SMILES string of the molecule is CC(c1ccncn1)N(C)CC(=O)NCCc1ccc(Cl)cc1. The van der Waals surface area contributed by atoms with Crippen molar-refractivity contribution < 1.29 is 4.79 Å². The van der Waals surface area contributed by atoms with Crippen LogP contribution in [0.2, 0.25) is 5.02 Å². The monoisotopic (exact) mass is 332 g/mol. The molecule has 1 N–H and O–H groups in total. The van der Waals surface area contributed by atoms with Crippen molar-refractivity contribution in [2.24, 2.45) is 0 Å². The van der Waals surface area contributed by atoms with E-state index in [0.717, 1.165) is 22.7 Å².